The Labute approximate surface area is 161 Å². The largest absolute Gasteiger partial charge is 0.347 e. The minimum Gasteiger partial charge on any atom is -0.347 e. The molecular formula is C22H28N4O. The van der Waals surface area contributed by atoms with Crippen LogP contribution >= 0.6 is 0 Å². The van der Waals surface area contributed by atoms with E-state index in [1.807, 2.05) is 18.3 Å². The second-order valence-electron chi connectivity index (χ2n) is 7.11. The van der Waals surface area contributed by atoms with Crippen LogP contribution in [0.3, 0.4) is 0 Å². The van der Waals surface area contributed by atoms with Gasteiger partial charge in [-0.3, -0.25) is 4.79 Å². The summed E-state index contributed by atoms with van der Waals surface area (Å²) in [4.78, 5) is 17.9. The molecule has 5 heteroatoms. The zero-order valence-corrected chi connectivity index (χ0v) is 16.8. The van der Waals surface area contributed by atoms with Crippen LogP contribution in [0.2, 0.25) is 0 Å². The standard InChI is InChI=1S/C22H28N4O/c1-6-7-11-26-12-9-19-20(26)8-10-23-22(19)24-21-15(2)13-18(14-16(21)3)25(5)17(4)27/h8-10,12-14H,6-7,11H2,1-5H3,(H,23,24). The molecule has 0 aliphatic carbocycles. The molecule has 3 rings (SSSR count). The molecule has 0 fully saturated rings. The van der Waals surface area contributed by atoms with Crippen molar-refractivity contribution in [2.75, 3.05) is 17.3 Å². The maximum absolute atomic E-state index is 11.7. The molecule has 2 heterocycles. The number of nitrogens with one attached hydrogen (secondary N) is 1. The Bertz CT molecular complexity index is 951. The highest BCUT2D eigenvalue weighted by atomic mass is 16.2. The molecule has 0 bridgehead atoms. The number of aryl methyl sites for hydroxylation is 3. The number of aromatic nitrogens is 2. The van der Waals surface area contributed by atoms with E-state index >= 15 is 0 Å². The van der Waals surface area contributed by atoms with Gasteiger partial charge in [0, 0.05) is 49.7 Å². The van der Waals surface area contributed by atoms with Gasteiger partial charge in [0.15, 0.2) is 0 Å². The molecule has 142 valence electrons. The maximum atomic E-state index is 11.7. The molecule has 0 aliphatic rings. The summed E-state index contributed by atoms with van der Waals surface area (Å²) in [7, 11) is 1.80. The lowest BCUT2D eigenvalue weighted by Gasteiger charge is -2.20. The van der Waals surface area contributed by atoms with Crippen molar-refractivity contribution < 1.29 is 4.79 Å². The fraction of sp³-hybridized carbons (Fsp3) is 0.364. The number of fused-ring (bicyclic) bond motifs is 1. The first kappa shape index (κ1) is 19.0. The highest BCUT2D eigenvalue weighted by molar-refractivity contribution is 5.94. The second kappa shape index (κ2) is 7.82. The van der Waals surface area contributed by atoms with Crippen LogP contribution < -0.4 is 10.2 Å². The summed E-state index contributed by atoms with van der Waals surface area (Å²) < 4.78 is 2.29. The number of pyridine rings is 1. The molecule has 1 amide bonds. The molecular weight excluding hydrogens is 336 g/mol. The molecule has 0 saturated carbocycles. The molecule has 0 saturated heterocycles. The average molecular weight is 364 g/mol. The molecule has 0 aliphatic heterocycles. The Hall–Kier alpha value is -2.82. The van der Waals surface area contributed by atoms with E-state index in [9.17, 15) is 4.79 Å². The van der Waals surface area contributed by atoms with Crippen LogP contribution in [-0.4, -0.2) is 22.5 Å². The molecule has 0 spiro atoms. The number of carbonyl (C=O) groups is 1. The van der Waals surface area contributed by atoms with Crippen molar-refractivity contribution in [3.63, 3.8) is 0 Å². The van der Waals surface area contributed by atoms with Gasteiger partial charge in [0.2, 0.25) is 5.91 Å². The molecule has 0 atom stereocenters. The highest BCUT2D eigenvalue weighted by Gasteiger charge is 2.13. The maximum Gasteiger partial charge on any atom is 0.223 e. The molecule has 1 N–H and O–H groups in total. The van der Waals surface area contributed by atoms with Crippen molar-refractivity contribution >= 4 is 34.0 Å². The summed E-state index contributed by atoms with van der Waals surface area (Å²) in [6, 6.07) is 8.26. The zero-order valence-electron chi connectivity index (χ0n) is 16.8. The van der Waals surface area contributed by atoms with Gasteiger partial charge >= 0.3 is 0 Å². The van der Waals surface area contributed by atoms with Gasteiger partial charge in [-0.2, -0.15) is 0 Å². The number of hydrogen-bond donors (Lipinski definition) is 1. The van der Waals surface area contributed by atoms with Crippen LogP contribution in [0.4, 0.5) is 17.2 Å². The minimum atomic E-state index is 0.0226. The number of rotatable bonds is 6. The van der Waals surface area contributed by atoms with Crippen molar-refractivity contribution in [1.29, 1.82) is 0 Å². The van der Waals surface area contributed by atoms with E-state index in [0.717, 1.165) is 46.7 Å². The molecule has 5 nitrogen and oxygen atoms in total. The number of hydrogen-bond acceptors (Lipinski definition) is 3. The number of anilines is 3. The van der Waals surface area contributed by atoms with E-state index < -0.39 is 0 Å². The first-order valence-electron chi connectivity index (χ1n) is 9.48. The van der Waals surface area contributed by atoms with Gasteiger partial charge in [-0.25, -0.2) is 4.98 Å². The predicted molar refractivity (Wildman–Crippen MR) is 113 cm³/mol. The summed E-state index contributed by atoms with van der Waals surface area (Å²) in [5.41, 5.74) is 5.31. The first-order chi connectivity index (χ1) is 12.9. The molecule has 0 unspecified atom stereocenters. The number of amides is 1. The van der Waals surface area contributed by atoms with Gasteiger partial charge in [0.25, 0.3) is 0 Å². The monoisotopic (exact) mass is 364 g/mol. The van der Waals surface area contributed by atoms with Crippen molar-refractivity contribution in [2.24, 2.45) is 0 Å². The lowest BCUT2D eigenvalue weighted by molar-refractivity contribution is -0.116. The summed E-state index contributed by atoms with van der Waals surface area (Å²) in [5, 5.41) is 4.64. The molecule has 3 aromatic rings. The summed E-state index contributed by atoms with van der Waals surface area (Å²) in [6.07, 6.45) is 6.33. The Morgan fingerprint density at radius 3 is 2.56 bits per heavy atom. The number of nitrogens with zero attached hydrogens (tertiary/aromatic N) is 3. The average Bonchev–Trinajstić information content (AvgIpc) is 3.05. The molecule has 2 aromatic heterocycles. The molecule has 1 aromatic carbocycles. The third-order valence-electron chi connectivity index (χ3n) is 5.07. The second-order valence-corrected chi connectivity index (χ2v) is 7.11. The Kier molecular flexibility index (Phi) is 5.49. The van der Waals surface area contributed by atoms with Gasteiger partial charge in [-0.05, 0) is 55.7 Å². The van der Waals surface area contributed by atoms with Crippen LogP contribution in [0, 0.1) is 13.8 Å². The van der Waals surface area contributed by atoms with E-state index in [1.165, 1.54) is 11.9 Å². The SMILES string of the molecule is CCCCn1ccc2c(Nc3c(C)cc(N(C)C(C)=O)cc3C)nccc21. The number of unbranched alkanes of at least 4 members (excludes halogenated alkanes) is 1. The van der Waals surface area contributed by atoms with Crippen molar-refractivity contribution in [1.82, 2.24) is 9.55 Å². The van der Waals surface area contributed by atoms with Gasteiger partial charge in [-0.15, -0.1) is 0 Å². The van der Waals surface area contributed by atoms with E-state index in [2.05, 4.69) is 54.0 Å². The first-order valence-corrected chi connectivity index (χ1v) is 9.48. The van der Waals surface area contributed by atoms with Gasteiger partial charge < -0.3 is 14.8 Å². The van der Waals surface area contributed by atoms with Gasteiger partial charge in [0.1, 0.15) is 5.82 Å². The smallest absolute Gasteiger partial charge is 0.223 e. The Morgan fingerprint density at radius 2 is 1.93 bits per heavy atom. The predicted octanol–water partition coefficient (Wildman–Crippen LogP) is 5.18. The van der Waals surface area contributed by atoms with Crippen molar-refractivity contribution in [3.8, 4) is 0 Å². The minimum absolute atomic E-state index is 0.0226. The van der Waals surface area contributed by atoms with Crippen molar-refractivity contribution in [2.45, 2.75) is 47.1 Å². The number of benzene rings is 1. The summed E-state index contributed by atoms with van der Waals surface area (Å²) >= 11 is 0. The van der Waals surface area contributed by atoms with Crippen LogP contribution in [0.15, 0.2) is 36.7 Å². The fourth-order valence-corrected chi connectivity index (χ4v) is 3.38. The highest BCUT2D eigenvalue weighted by Crippen LogP contribution is 2.31. The van der Waals surface area contributed by atoms with Crippen LogP contribution in [0.1, 0.15) is 37.8 Å². The van der Waals surface area contributed by atoms with E-state index in [4.69, 9.17) is 0 Å². The Morgan fingerprint density at radius 1 is 1.22 bits per heavy atom. The lowest BCUT2D eigenvalue weighted by Crippen LogP contribution is -2.23. The number of carbonyl (C=O) groups excluding carboxylic acids is 1. The van der Waals surface area contributed by atoms with E-state index in [-0.39, 0.29) is 5.91 Å². The lowest BCUT2D eigenvalue weighted by atomic mass is 10.1. The quantitative estimate of drug-likeness (QED) is 0.656. The topological polar surface area (TPSA) is 50.2 Å². The molecule has 0 radical (unpaired) electrons. The molecule has 27 heavy (non-hydrogen) atoms. The third kappa shape index (κ3) is 3.82. The van der Waals surface area contributed by atoms with E-state index in [1.54, 1.807) is 18.9 Å². The van der Waals surface area contributed by atoms with Crippen LogP contribution in [0.5, 0.6) is 0 Å². The summed E-state index contributed by atoms with van der Waals surface area (Å²) in [5.74, 6) is 0.885. The van der Waals surface area contributed by atoms with Crippen LogP contribution in [0.25, 0.3) is 10.9 Å². The normalized spacial score (nSPS) is 11.0. The fourth-order valence-electron chi connectivity index (χ4n) is 3.38. The van der Waals surface area contributed by atoms with Crippen LogP contribution in [-0.2, 0) is 11.3 Å². The zero-order chi connectivity index (χ0) is 19.6. The van der Waals surface area contributed by atoms with E-state index in [0.29, 0.717) is 0 Å². The third-order valence-corrected chi connectivity index (χ3v) is 5.07. The Balaban J connectivity index is 1.96. The van der Waals surface area contributed by atoms with Gasteiger partial charge in [-0.1, -0.05) is 13.3 Å². The van der Waals surface area contributed by atoms with Gasteiger partial charge in [0.05, 0.1) is 5.52 Å². The van der Waals surface area contributed by atoms with Crippen molar-refractivity contribution in [3.05, 3.63) is 47.8 Å². The summed E-state index contributed by atoms with van der Waals surface area (Å²) in [6.45, 7) is 8.91.